The minimum absolute atomic E-state index is 0.00379. The first-order chi connectivity index (χ1) is 10.2. The van der Waals surface area contributed by atoms with E-state index in [2.05, 4.69) is 46.4 Å². The summed E-state index contributed by atoms with van der Waals surface area (Å²) in [6.45, 7) is 5.06. The highest BCUT2D eigenvalue weighted by atomic mass is 32.1. The molecular weight excluding hydrogens is 282 g/mol. The van der Waals surface area contributed by atoms with Gasteiger partial charge in [0.1, 0.15) is 4.88 Å². The fourth-order valence-electron chi connectivity index (χ4n) is 2.79. The van der Waals surface area contributed by atoms with Gasteiger partial charge in [0.15, 0.2) is 0 Å². The predicted molar refractivity (Wildman–Crippen MR) is 84.3 cm³/mol. The third-order valence-electron chi connectivity index (χ3n) is 3.91. The lowest BCUT2D eigenvalue weighted by Crippen LogP contribution is -2.39. The van der Waals surface area contributed by atoms with Gasteiger partial charge >= 0.3 is 0 Å². The summed E-state index contributed by atoms with van der Waals surface area (Å²) in [6.07, 6.45) is 1.63. The number of amides is 1. The molecule has 4 nitrogen and oxygen atoms in total. The van der Waals surface area contributed by atoms with Crippen LogP contribution in [-0.2, 0) is 6.54 Å². The second kappa shape index (κ2) is 6.37. The standard InChI is InChI=1S/C16H19N3OS/c1-12-8-19(9-13-5-3-2-4-6-13)10-14(12)18-16(20)15-7-17-11-21-15/h2-7,11-12,14H,8-10H2,1H3,(H,18,20). The zero-order valence-electron chi connectivity index (χ0n) is 12.0. The summed E-state index contributed by atoms with van der Waals surface area (Å²) in [5, 5.41) is 3.14. The topological polar surface area (TPSA) is 45.2 Å². The van der Waals surface area contributed by atoms with Gasteiger partial charge in [-0.1, -0.05) is 37.3 Å². The number of hydrogen-bond acceptors (Lipinski definition) is 4. The van der Waals surface area contributed by atoms with Crippen molar-refractivity contribution >= 4 is 17.2 Å². The zero-order valence-corrected chi connectivity index (χ0v) is 12.8. The number of nitrogens with zero attached hydrogens (tertiary/aromatic N) is 2. The van der Waals surface area contributed by atoms with Crippen molar-refractivity contribution in [2.24, 2.45) is 5.92 Å². The van der Waals surface area contributed by atoms with E-state index in [1.54, 1.807) is 11.7 Å². The third-order valence-corrected chi connectivity index (χ3v) is 4.68. The fourth-order valence-corrected chi connectivity index (χ4v) is 3.32. The number of carbonyl (C=O) groups excluding carboxylic acids is 1. The van der Waals surface area contributed by atoms with Gasteiger partial charge in [0, 0.05) is 25.7 Å². The molecule has 2 aromatic rings. The molecule has 0 bridgehead atoms. The Hall–Kier alpha value is -1.72. The van der Waals surface area contributed by atoms with Gasteiger partial charge in [-0.2, -0.15) is 0 Å². The van der Waals surface area contributed by atoms with Gasteiger partial charge < -0.3 is 5.32 Å². The molecule has 1 fully saturated rings. The summed E-state index contributed by atoms with van der Waals surface area (Å²) in [5.41, 5.74) is 3.01. The normalized spacial score (nSPS) is 22.3. The average Bonchev–Trinajstić information content (AvgIpc) is 3.11. The van der Waals surface area contributed by atoms with Crippen LogP contribution in [0.3, 0.4) is 0 Å². The fraction of sp³-hybridized carbons (Fsp3) is 0.375. The molecule has 1 amide bonds. The first kappa shape index (κ1) is 14.2. The van der Waals surface area contributed by atoms with E-state index < -0.39 is 0 Å². The van der Waals surface area contributed by atoms with Crippen molar-refractivity contribution in [3.8, 4) is 0 Å². The average molecular weight is 301 g/mol. The number of carbonyl (C=O) groups is 1. The quantitative estimate of drug-likeness (QED) is 0.943. The molecule has 1 aliphatic rings. The highest BCUT2D eigenvalue weighted by Crippen LogP contribution is 2.19. The highest BCUT2D eigenvalue weighted by molar-refractivity contribution is 7.11. The van der Waals surface area contributed by atoms with Gasteiger partial charge in [-0.3, -0.25) is 14.7 Å². The molecule has 1 saturated heterocycles. The first-order valence-corrected chi connectivity index (χ1v) is 8.06. The van der Waals surface area contributed by atoms with E-state index in [-0.39, 0.29) is 11.9 Å². The molecule has 1 N–H and O–H groups in total. The Morgan fingerprint density at radius 1 is 1.38 bits per heavy atom. The number of hydrogen-bond donors (Lipinski definition) is 1. The van der Waals surface area contributed by atoms with Crippen LogP contribution in [0.2, 0.25) is 0 Å². The molecule has 0 aliphatic carbocycles. The van der Waals surface area contributed by atoms with Crippen LogP contribution in [0.5, 0.6) is 0 Å². The van der Waals surface area contributed by atoms with Crippen LogP contribution in [0, 0.1) is 5.92 Å². The smallest absolute Gasteiger partial charge is 0.263 e. The van der Waals surface area contributed by atoms with Crippen molar-refractivity contribution in [3.05, 3.63) is 52.5 Å². The molecule has 3 rings (SSSR count). The minimum atomic E-state index is -0.00379. The number of aromatic nitrogens is 1. The second-order valence-corrected chi connectivity index (χ2v) is 6.49. The lowest BCUT2D eigenvalue weighted by Gasteiger charge is -2.17. The Labute approximate surface area is 128 Å². The minimum Gasteiger partial charge on any atom is -0.347 e. The molecule has 2 unspecified atom stereocenters. The Balaban J connectivity index is 1.57. The van der Waals surface area contributed by atoms with Crippen LogP contribution in [0.1, 0.15) is 22.2 Å². The number of nitrogens with one attached hydrogen (secondary N) is 1. The lowest BCUT2D eigenvalue weighted by atomic mass is 10.1. The van der Waals surface area contributed by atoms with Crippen molar-refractivity contribution in [1.82, 2.24) is 15.2 Å². The van der Waals surface area contributed by atoms with E-state index in [0.29, 0.717) is 10.8 Å². The summed E-state index contributed by atoms with van der Waals surface area (Å²) in [5.74, 6) is 0.460. The van der Waals surface area contributed by atoms with Crippen LogP contribution >= 0.6 is 11.3 Å². The van der Waals surface area contributed by atoms with E-state index in [0.717, 1.165) is 19.6 Å². The van der Waals surface area contributed by atoms with Gasteiger partial charge in [-0.25, -0.2) is 0 Å². The van der Waals surface area contributed by atoms with Gasteiger partial charge in [-0.05, 0) is 11.5 Å². The van der Waals surface area contributed by atoms with Crippen molar-refractivity contribution < 1.29 is 4.79 Å². The SMILES string of the molecule is CC1CN(Cc2ccccc2)CC1NC(=O)c1cncs1. The highest BCUT2D eigenvalue weighted by Gasteiger charge is 2.30. The monoisotopic (exact) mass is 301 g/mol. The lowest BCUT2D eigenvalue weighted by molar-refractivity contribution is 0.0935. The van der Waals surface area contributed by atoms with Crippen molar-refractivity contribution in [3.63, 3.8) is 0 Å². The molecule has 0 spiro atoms. The molecule has 110 valence electrons. The summed E-state index contributed by atoms with van der Waals surface area (Å²) in [6, 6.07) is 10.7. The Morgan fingerprint density at radius 3 is 2.90 bits per heavy atom. The van der Waals surface area contributed by atoms with E-state index in [1.165, 1.54) is 16.9 Å². The molecule has 1 aliphatic heterocycles. The molecule has 1 aromatic heterocycles. The van der Waals surface area contributed by atoms with E-state index in [9.17, 15) is 4.79 Å². The third kappa shape index (κ3) is 3.49. The Kier molecular flexibility index (Phi) is 4.31. The van der Waals surface area contributed by atoms with Gasteiger partial charge in [-0.15, -0.1) is 11.3 Å². The number of benzene rings is 1. The summed E-state index contributed by atoms with van der Waals surface area (Å²) >= 11 is 1.38. The summed E-state index contributed by atoms with van der Waals surface area (Å²) in [7, 11) is 0. The maximum Gasteiger partial charge on any atom is 0.263 e. The van der Waals surface area contributed by atoms with Crippen LogP contribution in [0.25, 0.3) is 0 Å². The summed E-state index contributed by atoms with van der Waals surface area (Å²) < 4.78 is 0. The largest absolute Gasteiger partial charge is 0.347 e. The molecule has 5 heteroatoms. The van der Waals surface area contributed by atoms with Crippen LogP contribution < -0.4 is 5.32 Å². The van der Waals surface area contributed by atoms with E-state index in [4.69, 9.17) is 0 Å². The van der Waals surface area contributed by atoms with E-state index in [1.807, 2.05) is 6.07 Å². The van der Waals surface area contributed by atoms with Gasteiger partial charge in [0.2, 0.25) is 0 Å². The molecule has 2 heterocycles. The predicted octanol–water partition coefficient (Wildman–Crippen LogP) is 2.39. The van der Waals surface area contributed by atoms with Gasteiger partial charge in [0.25, 0.3) is 5.91 Å². The molecular formula is C16H19N3OS. The maximum atomic E-state index is 12.1. The molecule has 2 atom stereocenters. The molecule has 0 radical (unpaired) electrons. The zero-order chi connectivity index (χ0) is 14.7. The second-order valence-electron chi connectivity index (χ2n) is 5.60. The number of thiazole rings is 1. The molecule has 1 aromatic carbocycles. The Morgan fingerprint density at radius 2 is 2.19 bits per heavy atom. The first-order valence-electron chi connectivity index (χ1n) is 7.18. The van der Waals surface area contributed by atoms with Crippen LogP contribution in [0.4, 0.5) is 0 Å². The van der Waals surface area contributed by atoms with Crippen molar-refractivity contribution in [2.45, 2.75) is 19.5 Å². The van der Waals surface area contributed by atoms with Crippen LogP contribution in [-0.4, -0.2) is 34.9 Å². The van der Waals surface area contributed by atoms with Crippen molar-refractivity contribution in [2.75, 3.05) is 13.1 Å². The Bertz CT molecular complexity index is 585. The number of rotatable bonds is 4. The summed E-state index contributed by atoms with van der Waals surface area (Å²) in [4.78, 5) is 19.2. The van der Waals surface area contributed by atoms with E-state index >= 15 is 0 Å². The number of likely N-dealkylation sites (tertiary alicyclic amines) is 1. The molecule has 21 heavy (non-hydrogen) atoms. The maximum absolute atomic E-state index is 12.1. The molecule has 0 saturated carbocycles. The van der Waals surface area contributed by atoms with Gasteiger partial charge in [0.05, 0.1) is 11.7 Å². The van der Waals surface area contributed by atoms with Crippen molar-refractivity contribution in [1.29, 1.82) is 0 Å². The van der Waals surface area contributed by atoms with Crippen LogP contribution in [0.15, 0.2) is 42.0 Å².